The van der Waals surface area contributed by atoms with Gasteiger partial charge in [0.05, 0.1) is 53.0 Å². The number of methoxy groups -OCH3 is 1. The van der Waals surface area contributed by atoms with Gasteiger partial charge in [-0.1, -0.05) is 18.2 Å². The average Bonchev–Trinajstić information content (AvgIpc) is 3.44. The van der Waals surface area contributed by atoms with Gasteiger partial charge in [-0.2, -0.15) is 18.2 Å². The highest BCUT2D eigenvalue weighted by atomic mass is 19.4. The number of fused-ring (bicyclic) bond motifs is 1. The van der Waals surface area contributed by atoms with E-state index in [2.05, 4.69) is 36.5 Å². The lowest BCUT2D eigenvalue weighted by molar-refractivity contribution is -0.137. The summed E-state index contributed by atoms with van der Waals surface area (Å²) in [6.07, 6.45) is -2.41. The fraction of sp³-hybridized carbons (Fsp3) is 0.282. The normalized spacial score (nSPS) is 16.1. The number of carbonyl (C=O) groups is 5. The molecule has 0 atom stereocenters. The molecule has 3 aromatic carbocycles. The molecule has 7 rings (SSSR count). The Morgan fingerprint density at radius 2 is 1.65 bits per heavy atom. The number of rotatable bonds is 11. The number of ether oxygens (including phenoxy) is 1. The van der Waals surface area contributed by atoms with Crippen molar-refractivity contribution in [2.24, 2.45) is 0 Å². The van der Waals surface area contributed by atoms with Crippen molar-refractivity contribution >= 4 is 58.2 Å². The number of para-hydroxylation sites is 1. The zero-order chi connectivity index (χ0) is 40.4. The van der Waals surface area contributed by atoms with Crippen LogP contribution in [0.25, 0.3) is 0 Å². The van der Waals surface area contributed by atoms with Crippen molar-refractivity contribution in [3.63, 3.8) is 0 Å². The number of halogens is 3. The molecule has 15 nitrogen and oxygen atoms in total. The van der Waals surface area contributed by atoms with Gasteiger partial charge >= 0.3 is 12.2 Å². The van der Waals surface area contributed by atoms with Crippen LogP contribution in [0.4, 0.5) is 46.5 Å². The number of urea groups is 1. The van der Waals surface area contributed by atoms with Gasteiger partial charge in [0.1, 0.15) is 11.6 Å². The minimum atomic E-state index is -4.72. The molecule has 6 amide bonds. The summed E-state index contributed by atoms with van der Waals surface area (Å²) in [6, 6.07) is 17.3. The number of alkyl halides is 3. The van der Waals surface area contributed by atoms with Crippen LogP contribution < -0.4 is 36.2 Å². The number of nitrogens with zero attached hydrogens (tertiary/aromatic N) is 4. The third-order valence-corrected chi connectivity index (χ3v) is 9.98. The lowest BCUT2D eigenvalue weighted by atomic mass is 10.0. The topological polar surface area (TPSA) is 177 Å². The van der Waals surface area contributed by atoms with E-state index in [1.54, 1.807) is 36.4 Å². The SMILES string of the molecule is CNC(=O)c1ccccc1Nc1cc(Nc2ccc(N3CCC(NCc4ccc5c(c4)C(=O)N(N4CCC(=O)NC4=O)C5=O)CC3)cc2OC)ncc1C(F)(F)F. The van der Waals surface area contributed by atoms with Crippen LogP contribution in [-0.2, 0) is 17.5 Å². The molecule has 5 N–H and O–H groups in total. The third kappa shape index (κ3) is 8.02. The molecule has 0 spiro atoms. The van der Waals surface area contributed by atoms with Crippen LogP contribution in [0.5, 0.6) is 5.75 Å². The molecular weight excluding hydrogens is 747 g/mol. The van der Waals surface area contributed by atoms with Gasteiger partial charge in [0.15, 0.2) is 0 Å². The van der Waals surface area contributed by atoms with Crippen LogP contribution in [0, 0.1) is 0 Å². The van der Waals surface area contributed by atoms with Crippen LogP contribution in [0.1, 0.15) is 61.5 Å². The number of nitrogens with one attached hydrogen (secondary N) is 5. The highest BCUT2D eigenvalue weighted by molar-refractivity contribution is 6.22. The molecule has 3 aliphatic rings. The van der Waals surface area contributed by atoms with Crippen molar-refractivity contribution in [1.82, 2.24) is 31.0 Å². The predicted octanol–water partition coefficient (Wildman–Crippen LogP) is 5.17. The molecule has 2 fully saturated rings. The first-order chi connectivity index (χ1) is 27.3. The zero-order valence-electron chi connectivity index (χ0n) is 30.8. The average molecular weight is 786 g/mol. The first-order valence-electron chi connectivity index (χ1n) is 18.1. The Morgan fingerprint density at radius 1 is 0.895 bits per heavy atom. The van der Waals surface area contributed by atoms with Crippen LogP contribution in [0.2, 0.25) is 0 Å². The summed E-state index contributed by atoms with van der Waals surface area (Å²) in [6.45, 7) is 1.80. The van der Waals surface area contributed by atoms with Gasteiger partial charge in [0.25, 0.3) is 17.7 Å². The summed E-state index contributed by atoms with van der Waals surface area (Å²) in [5.74, 6) is -1.60. The Bertz CT molecular complexity index is 2260. The minimum Gasteiger partial charge on any atom is -0.494 e. The largest absolute Gasteiger partial charge is 0.494 e. The summed E-state index contributed by atoms with van der Waals surface area (Å²) >= 11 is 0. The molecule has 4 heterocycles. The molecule has 57 heavy (non-hydrogen) atoms. The number of imide groups is 2. The number of anilines is 5. The van der Waals surface area contributed by atoms with Gasteiger partial charge in [-0.05, 0) is 54.8 Å². The van der Waals surface area contributed by atoms with Crippen LogP contribution in [0.15, 0.2) is 72.9 Å². The lowest BCUT2D eigenvalue weighted by Gasteiger charge is -2.34. The Labute approximate surface area is 324 Å². The van der Waals surface area contributed by atoms with Crippen molar-refractivity contribution in [1.29, 1.82) is 0 Å². The monoisotopic (exact) mass is 785 g/mol. The van der Waals surface area contributed by atoms with E-state index >= 15 is 0 Å². The van der Waals surface area contributed by atoms with E-state index in [4.69, 9.17) is 4.74 Å². The number of hydrazine groups is 1. The number of hydrogen-bond donors (Lipinski definition) is 5. The summed E-state index contributed by atoms with van der Waals surface area (Å²) < 4.78 is 47.7. The fourth-order valence-corrected chi connectivity index (χ4v) is 7.00. The van der Waals surface area contributed by atoms with Gasteiger partial charge in [-0.15, -0.1) is 0 Å². The standard InChI is InChI=1S/C39H38F3N9O6/c1-43-35(53)26-5-3-4-6-29(26)46-31-19-33(45-21-28(31)39(40,41)42)47-30-10-8-24(18-32(30)57-2)49-14-11-23(12-15-49)44-20-22-7-9-25-27(17-22)37(55)51(36(25)54)50-16-13-34(52)48-38(50)56/h3-10,17-19,21,23,44H,11-16,20H2,1-2H3,(H,43,53)(H2,45,46,47)(H,48,52,56). The van der Waals surface area contributed by atoms with Crippen LogP contribution >= 0.6 is 0 Å². The maximum absolute atomic E-state index is 14.0. The van der Waals surface area contributed by atoms with Crippen LogP contribution in [0.3, 0.4) is 0 Å². The lowest BCUT2D eigenvalue weighted by Crippen LogP contribution is -2.58. The van der Waals surface area contributed by atoms with E-state index in [0.717, 1.165) is 40.3 Å². The quantitative estimate of drug-likeness (QED) is 0.127. The molecule has 0 unspecified atom stereocenters. The smallest absolute Gasteiger partial charge is 0.419 e. The summed E-state index contributed by atoms with van der Waals surface area (Å²) in [4.78, 5) is 68.7. The highest BCUT2D eigenvalue weighted by Crippen LogP contribution is 2.39. The molecule has 1 aromatic heterocycles. The zero-order valence-corrected chi connectivity index (χ0v) is 30.8. The number of hydrogen-bond acceptors (Lipinski definition) is 11. The molecule has 0 bridgehead atoms. The van der Waals surface area contributed by atoms with Gasteiger partial charge in [-0.25, -0.2) is 14.8 Å². The fourth-order valence-electron chi connectivity index (χ4n) is 7.00. The molecule has 2 saturated heterocycles. The Balaban J connectivity index is 0.974. The highest BCUT2D eigenvalue weighted by Gasteiger charge is 2.43. The van der Waals surface area contributed by atoms with E-state index in [9.17, 15) is 37.1 Å². The van der Waals surface area contributed by atoms with E-state index in [1.165, 1.54) is 32.4 Å². The second kappa shape index (κ2) is 15.8. The Kier molecular flexibility index (Phi) is 10.7. The van der Waals surface area contributed by atoms with Crippen molar-refractivity contribution in [3.05, 3.63) is 101 Å². The maximum atomic E-state index is 14.0. The van der Waals surface area contributed by atoms with Crippen molar-refractivity contribution in [3.8, 4) is 5.75 Å². The second-order valence-corrected chi connectivity index (χ2v) is 13.5. The van der Waals surface area contributed by atoms with Crippen molar-refractivity contribution in [2.45, 2.75) is 38.0 Å². The minimum absolute atomic E-state index is 0.0217. The van der Waals surface area contributed by atoms with E-state index in [0.29, 0.717) is 31.1 Å². The molecule has 296 valence electrons. The Hall–Kier alpha value is -6.69. The molecule has 0 saturated carbocycles. The molecule has 0 radical (unpaired) electrons. The second-order valence-electron chi connectivity index (χ2n) is 13.5. The van der Waals surface area contributed by atoms with Crippen molar-refractivity contribution in [2.75, 3.05) is 49.3 Å². The number of benzene rings is 3. The molecular formula is C39H38F3N9O6. The number of carbonyl (C=O) groups excluding carboxylic acids is 5. The van der Waals surface area contributed by atoms with Gasteiger partial charge in [-0.3, -0.25) is 24.5 Å². The first-order valence-corrected chi connectivity index (χ1v) is 18.1. The van der Waals surface area contributed by atoms with Gasteiger partial charge in [0, 0.05) is 63.2 Å². The third-order valence-electron chi connectivity index (χ3n) is 9.98. The molecule has 3 aliphatic heterocycles. The van der Waals surface area contributed by atoms with E-state index in [1.807, 2.05) is 12.1 Å². The summed E-state index contributed by atoms with van der Waals surface area (Å²) in [5, 5.41) is 15.7. The molecule has 0 aliphatic carbocycles. The summed E-state index contributed by atoms with van der Waals surface area (Å²) in [7, 11) is 2.93. The molecule has 18 heteroatoms. The first kappa shape index (κ1) is 38.6. The number of aromatic nitrogens is 1. The number of amides is 6. The van der Waals surface area contributed by atoms with E-state index < -0.39 is 41.4 Å². The Morgan fingerprint density at radius 3 is 2.37 bits per heavy atom. The predicted molar refractivity (Wildman–Crippen MR) is 203 cm³/mol. The molecule has 4 aromatic rings. The van der Waals surface area contributed by atoms with Gasteiger partial charge < -0.3 is 30.9 Å². The van der Waals surface area contributed by atoms with Crippen LogP contribution in [-0.4, -0.2) is 84.5 Å². The maximum Gasteiger partial charge on any atom is 0.419 e. The van der Waals surface area contributed by atoms with Crippen molar-refractivity contribution < 1.29 is 41.9 Å². The number of pyridine rings is 1. The van der Waals surface area contributed by atoms with E-state index in [-0.39, 0.29) is 52.9 Å². The van der Waals surface area contributed by atoms with Gasteiger partial charge in [0.2, 0.25) is 5.91 Å². The summed E-state index contributed by atoms with van der Waals surface area (Å²) in [5.41, 5.74) is 1.62. The number of piperidine rings is 1.